The van der Waals surface area contributed by atoms with Crippen molar-refractivity contribution in [3.63, 3.8) is 0 Å². The summed E-state index contributed by atoms with van der Waals surface area (Å²) >= 11 is 0. The zero-order valence-electron chi connectivity index (χ0n) is 15.9. The molecule has 2 heterocycles. The quantitative estimate of drug-likeness (QED) is 0.812. The number of nitrogens with two attached hydrogens (primary N) is 1. The van der Waals surface area contributed by atoms with Gasteiger partial charge in [-0.05, 0) is 43.9 Å². The van der Waals surface area contributed by atoms with E-state index >= 15 is 0 Å². The number of nitrogens with zero attached hydrogens (tertiary/aromatic N) is 2. The van der Waals surface area contributed by atoms with Gasteiger partial charge in [-0.3, -0.25) is 9.59 Å². The number of hydrogen-bond donors (Lipinski definition) is 1. The van der Waals surface area contributed by atoms with Crippen molar-refractivity contribution in [2.24, 2.45) is 5.73 Å². The molecule has 1 fully saturated rings. The Morgan fingerprint density at radius 3 is 2.48 bits per heavy atom. The van der Waals surface area contributed by atoms with Crippen LogP contribution in [0, 0.1) is 12.7 Å². The highest BCUT2D eigenvalue weighted by Crippen LogP contribution is 2.33. The Kier molecular flexibility index (Phi) is 5.63. The van der Waals surface area contributed by atoms with E-state index in [0.29, 0.717) is 18.5 Å². The van der Waals surface area contributed by atoms with Gasteiger partial charge < -0.3 is 15.2 Å². The fourth-order valence-corrected chi connectivity index (χ4v) is 4.06. The lowest BCUT2D eigenvalue weighted by atomic mass is 9.99. The Morgan fingerprint density at radius 1 is 1.22 bits per heavy atom. The number of halogens is 1. The number of aromatic nitrogens is 1. The summed E-state index contributed by atoms with van der Waals surface area (Å²) in [4.78, 5) is 25.9. The molecule has 3 rings (SSSR count). The molecule has 1 aromatic heterocycles. The van der Waals surface area contributed by atoms with E-state index < -0.39 is 5.91 Å². The minimum Gasteiger partial charge on any atom is -0.366 e. The van der Waals surface area contributed by atoms with Crippen molar-refractivity contribution in [1.82, 2.24) is 9.47 Å². The smallest absolute Gasteiger partial charge is 0.251 e. The molecule has 0 radical (unpaired) electrons. The fraction of sp³-hybridized carbons (Fsp3) is 0.429. The zero-order valence-corrected chi connectivity index (χ0v) is 15.9. The lowest BCUT2D eigenvalue weighted by Crippen LogP contribution is -2.26. The Balaban J connectivity index is 1.93. The van der Waals surface area contributed by atoms with Crippen molar-refractivity contribution in [3.05, 3.63) is 47.0 Å². The summed E-state index contributed by atoms with van der Waals surface area (Å²) in [5.41, 5.74) is 9.60. The largest absolute Gasteiger partial charge is 0.366 e. The van der Waals surface area contributed by atoms with Gasteiger partial charge in [-0.25, -0.2) is 4.39 Å². The van der Waals surface area contributed by atoms with E-state index in [-0.39, 0.29) is 11.7 Å². The highest BCUT2D eigenvalue weighted by molar-refractivity contribution is 6.02. The van der Waals surface area contributed by atoms with E-state index in [1.807, 2.05) is 18.7 Å². The third-order valence-electron chi connectivity index (χ3n) is 5.33. The second kappa shape index (κ2) is 7.94. The number of likely N-dealkylation sites (tertiary alicyclic amines) is 1. The predicted octanol–water partition coefficient (Wildman–Crippen LogP) is 3.28. The molecule has 0 atom stereocenters. The van der Waals surface area contributed by atoms with Gasteiger partial charge in [-0.15, -0.1) is 0 Å². The van der Waals surface area contributed by atoms with Gasteiger partial charge in [0.1, 0.15) is 5.82 Å². The Hall–Kier alpha value is -2.63. The monoisotopic (exact) mass is 371 g/mol. The molecule has 27 heavy (non-hydrogen) atoms. The van der Waals surface area contributed by atoms with E-state index in [4.69, 9.17) is 5.73 Å². The maximum Gasteiger partial charge on any atom is 0.251 e. The molecule has 0 aliphatic carbocycles. The normalized spacial score (nSPS) is 14.2. The van der Waals surface area contributed by atoms with E-state index in [1.54, 1.807) is 12.1 Å². The summed E-state index contributed by atoms with van der Waals surface area (Å²) in [6, 6.07) is 6.16. The molecule has 0 unspecified atom stereocenters. The molecule has 0 bridgehead atoms. The summed E-state index contributed by atoms with van der Waals surface area (Å²) in [6.07, 6.45) is 3.12. The van der Waals surface area contributed by atoms with Crippen LogP contribution in [0.4, 0.5) is 4.39 Å². The summed E-state index contributed by atoms with van der Waals surface area (Å²) in [6.45, 7) is 6.19. The number of hydrogen-bond acceptors (Lipinski definition) is 2. The van der Waals surface area contributed by atoms with Crippen molar-refractivity contribution in [1.29, 1.82) is 0 Å². The first-order chi connectivity index (χ1) is 12.9. The highest BCUT2D eigenvalue weighted by atomic mass is 19.1. The molecule has 5 nitrogen and oxygen atoms in total. The highest BCUT2D eigenvalue weighted by Gasteiger charge is 2.24. The van der Waals surface area contributed by atoms with Crippen LogP contribution in [0.2, 0.25) is 0 Å². The zero-order chi connectivity index (χ0) is 19.6. The second-order valence-electron chi connectivity index (χ2n) is 7.00. The van der Waals surface area contributed by atoms with Crippen LogP contribution in [-0.4, -0.2) is 34.4 Å². The molecule has 1 saturated heterocycles. The van der Waals surface area contributed by atoms with Gasteiger partial charge in [-0.1, -0.05) is 19.1 Å². The lowest BCUT2D eigenvalue weighted by molar-refractivity contribution is -0.127. The topological polar surface area (TPSA) is 68.3 Å². The molecule has 1 aliphatic rings. The fourth-order valence-electron chi connectivity index (χ4n) is 4.06. The van der Waals surface area contributed by atoms with Gasteiger partial charge in [-0.2, -0.15) is 0 Å². The van der Waals surface area contributed by atoms with Crippen LogP contribution < -0.4 is 5.73 Å². The standard InChI is InChI=1S/C21H26FN3O2/c1-3-17-20(15-7-9-16(22)10-8-15)19(21(23)27)14(2)25(17)13-5-12-24-11-4-6-18(24)26/h7-10H,3-6,11-13H2,1-2H3,(H2,23,27). The van der Waals surface area contributed by atoms with Crippen molar-refractivity contribution < 1.29 is 14.0 Å². The molecule has 1 aliphatic heterocycles. The maximum absolute atomic E-state index is 13.3. The molecule has 2 amide bonds. The average molecular weight is 371 g/mol. The predicted molar refractivity (Wildman–Crippen MR) is 103 cm³/mol. The first kappa shape index (κ1) is 19.1. The molecule has 0 spiro atoms. The first-order valence-electron chi connectivity index (χ1n) is 9.49. The van der Waals surface area contributed by atoms with Crippen LogP contribution in [0.1, 0.15) is 47.9 Å². The van der Waals surface area contributed by atoms with Gasteiger partial charge in [0, 0.05) is 43.0 Å². The average Bonchev–Trinajstić information content (AvgIpc) is 3.17. The number of rotatable bonds is 7. The van der Waals surface area contributed by atoms with Gasteiger partial charge >= 0.3 is 0 Å². The number of primary amides is 1. The number of carbonyl (C=O) groups is 2. The molecule has 144 valence electrons. The van der Waals surface area contributed by atoms with Crippen LogP contribution in [0.5, 0.6) is 0 Å². The second-order valence-corrected chi connectivity index (χ2v) is 7.00. The molecule has 2 N–H and O–H groups in total. The maximum atomic E-state index is 13.3. The van der Waals surface area contributed by atoms with Gasteiger partial charge in [0.15, 0.2) is 0 Å². The van der Waals surface area contributed by atoms with E-state index in [1.165, 1.54) is 12.1 Å². The lowest BCUT2D eigenvalue weighted by Gasteiger charge is -2.17. The van der Waals surface area contributed by atoms with Crippen molar-refractivity contribution in [2.75, 3.05) is 13.1 Å². The minimum atomic E-state index is -0.477. The molecular weight excluding hydrogens is 345 g/mol. The SMILES string of the molecule is CCc1c(-c2ccc(F)cc2)c(C(N)=O)c(C)n1CCCN1CCCC1=O. The number of benzene rings is 1. The first-order valence-corrected chi connectivity index (χ1v) is 9.49. The van der Waals surface area contributed by atoms with Crippen LogP contribution in [0.25, 0.3) is 11.1 Å². The molecule has 2 aromatic rings. The Labute approximate surface area is 159 Å². The third-order valence-corrected chi connectivity index (χ3v) is 5.33. The van der Waals surface area contributed by atoms with Crippen molar-refractivity contribution >= 4 is 11.8 Å². The van der Waals surface area contributed by atoms with Crippen LogP contribution in [0.3, 0.4) is 0 Å². The third kappa shape index (κ3) is 3.75. The number of amides is 2. The molecule has 1 aromatic carbocycles. The van der Waals surface area contributed by atoms with Crippen molar-refractivity contribution in [2.45, 2.75) is 46.1 Å². The van der Waals surface area contributed by atoms with Crippen molar-refractivity contribution in [3.8, 4) is 11.1 Å². The Morgan fingerprint density at radius 2 is 1.93 bits per heavy atom. The van der Waals surface area contributed by atoms with E-state index in [2.05, 4.69) is 4.57 Å². The van der Waals surface area contributed by atoms with E-state index in [9.17, 15) is 14.0 Å². The van der Waals surface area contributed by atoms with Crippen LogP contribution in [-0.2, 0) is 17.8 Å². The Bertz CT molecular complexity index is 855. The molecule has 6 heteroatoms. The van der Waals surface area contributed by atoms with Gasteiger partial charge in [0.05, 0.1) is 5.56 Å². The molecular formula is C21H26FN3O2. The summed E-state index contributed by atoms with van der Waals surface area (Å²) in [5.74, 6) is -0.571. The van der Waals surface area contributed by atoms with Gasteiger partial charge in [0.25, 0.3) is 5.91 Å². The summed E-state index contributed by atoms with van der Waals surface area (Å²) in [5, 5.41) is 0. The summed E-state index contributed by atoms with van der Waals surface area (Å²) in [7, 11) is 0. The van der Waals surface area contributed by atoms with E-state index in [0.717, 1.165) is 54.9 Å². The number of carbonyl (C=O) groups excluding carboxylic acids is 2. The van der Waals surface area contributed by atoms with Crippen LogP contribution in [0.15, 0.2) is 24.3 Å². The summed E-state index contributed by atoms with van der Waals surface area (Å²) < 4.78 is 15.5. The van der Waals surface area contributed by atoms with Crippen LogP contribution >= 0.6 is 0 Å². The van der Waals surface area contributed by atoms with Gasteiger partial charge in [0.2, 0.25) is 5.91 Å². The molecule has 0 saturated carbocycles. The minimum absolute atomic E-state index is 0.222.